The zero-order valence-corrected chi connectivity index (χ0v) is 28.4. The van der Waals surface area contributed by atoms with Gasteiger partial charge in [-0.15, -0.1) is 5.10 Å². The number of ether oxygens (including phenoxy) is 1. The largest absolute Gasteiger partial charge is 0.477 e. The molecule has 0 bridgehead atoms. The SMILES string of the molecule is CC(C)(C)N1C(CNc2cccc(S(=O)(=O)NC(=O)c3ccc(-n4ccc(OCCC5(C(F)(F)F)CC5)n4)nc3Cl)n2)CCC1(C)C. The van der Waals surface area contributed by atoms with Crippen molar-refractivity contribution >= 4 is 33.3 Å². The maximum atomic E-state index is 13.1. The molecule has 47 heavy (non-hydrogen) atoms. The Morgan fingerprint density at radius 3 is 2.45 bits per heavy atom. The molecule has 4 heterocycles. The van der Waals surface area contributed by atoms with Crippen LogP contribution in [0.15, 0.2) is 47.6 Å². The van der Waals surface area contributed by atoms with E-state index in [0.29, 0.717) is 12.4 Å². The van der Waals surface area contributed by atoms with Gasteiger partial charge in [-0.3, -0.25) is 9.69 Å². The topological polar surface area (TPSA) is 131 Å². The first-order valence-corrected chi connectivity index (χ1v) is 17.2. The van der Waals surface area contributed by atoms with Crippen molar-refractivity contribution in [3.05, 3.63) is 53.3 Å². The molecule has 1 aliphatic heterocycles. The van der Waals surface area contributed by atoms with Crippen LogP contribution in [0.25, 0.3) is 5.82 Å². The fourth-order valence-corrected chi connectivity index (χ4v) is 7.61. The number of halogens is 4. The Labute approximate surface area is 277 Å². The zero-order chi connectivity index (χ0) is 34.4. The van der Waals surface area contributed by atoms with E-state index in [1.807, 2.05) is 4.72 Å². The number of carbonyl (C=O) groups is 1. The van der Waals surface area contributed by atoms with Gasteiger partial charge in [-0.1, -0.05) is 17.7 Å². The first-order valence-electron chi connectivity index (χ1n) is 15.3. The molecule has 3 aromatic rings. The maximum absolute atomic E-state index is 13.1. The van der Waals surface area contributed by atoms with Gasteiger partial charge in [0, 0.05) is 35.9 Å². The lowest BCUT2D eigenvalue weighted by atomic mass is 9.96. The fraction of sp³-hybridized carbons (Fsp3) is 0.548. The van der Waals surface area contributed by atoms with Crippen LogP contribution in [-0.4, -0.2) is 75.4 Å². The molecule has 1 amide bonds. The lowest BCUT2D eigenvalue weighted by Crippen LogP contribution is -2.55. The molecule has 11 nitrogen and oxygen atoms in total. The maximum Gasteiger partial charge on any atom is 0.394 e. The molecule has 1 saturated heterocycles. The number of sulfonamides is 1. The van der Waals surface area contributed by atoms with E-state index >= 15 is 0 Å². The Balaban J connectivity index is 1.20. The van der Waals surface area contributed by atoms with Gasteiger partial charge in [0.05, 0.1) is 17.6 Å². The highest BCUT2D eigenvalue weighted by Gasteiger charge is 2.62. The van der Waals surface area contributed by atoms with Gasteiger partial charge in [-0.05, 0) is 91.0 Å². The molecule has 0 radical (unpaired) electrons. The van der Waals surface area contributed by atoms with Crippen molar-refractivity contribution < 1.29 is 31.1 Å². The molecule has 2 N–H and O–H groups in total. The molecule has 3 aromatic heterocycles. The molecule has 1 unspecified atom stereocenters. The second kappa shape index (κ2) is 12.5. The highest BCUT2D eigenvalue weighted by atomic mass is 35.5. The van der Waals surface area contributed by atoms with E-state index in [1.165, 1.54) is 35.1 Å². The lowest BCUT2D eigenvalue weighted by Gasteiger charge is -2.45. The van der Waals surface area contributed by atoms with E-state index in [0.717, 1.165) is 12.8 Å². The number of hydrogen-bond acceptors (Lipinski definition) is 9. The van der Waals surface area contributed by atoms with E-state index in [9.17, 15) is 26.4 Å². The summed E-state index contributed by atoms with van der Waals surface area (Å²) in [7, 11) is -4.37. The van der Waals surface area contributed by atoms with E-state index < -0.39 is 27.5 Å². The average Bonchev–Trinajstić information content (AvgIpc) is 3.50. The summed E-state index contributed by atoms with van der Waals surface area (Å²) in [6, 6.07) is 8.85. The molecular formula is C31H39ClF3N7O4S. The molecule has 5 rings (SSSR count). The molecule has 256 valence electrons. The predicted molar refractivity (Wildman–Crippen MR) is 170 cm³/mol. The van der Waals surface area contributed by atoms with Crippen molar-refractivity contribution in [1.29, 1.82) is 0 Å². The fourth-order valence-electron chi connectivity index (χ4n) is 6.44. The number of hydrogen-bond donors (Lipinski definition) is 2. The Hall–Kier alpha value is -3.43. The summed E-state index contributed by atoms with van der Waals surface area (Å²) in [4.78, 5) is 23.8. The molecule has 16 heteroatoms. The van der Waals surface area contributed by atoms with Crippen LogP contribution < -0.4 is 14.8 Å². The molecule has 2 aliphatic rings. The first-order chi connectivity index (χ1) is 21.8. The number of alkyl halides is 3. The Bertz CT molecular complexity index is 1740. The Morgan fingerprint density at radius 1 is 1.09 bits per heavy atom. The van der Waals surface area contributed by atoms with Crippen molar-refractivity contribution in [2.24, 2.45) is 5.41 Å². The summed E-state index contributed by atoms with van der Waals surface area (Å²) in [5.74, 6) is -0.379. The second-order valence-electron chi connectivity index (χ2n) is 13.7. The molecule has 1 saturated carbocycles. The number of pyridine rings is 2. The number of likely N-dealkylation sites (tertiary alicyclic amines) is 1. The third-order valence-electron chi connectivity index (χ3n) is 8.74. The van der Waals surface area contributed by atoms with E-state index in [4.69, 9.17) is 16.3 Å². The van der Waals surface area contributed by atoms with Gasteiger partial charge in [0.1, 0.15) is 11.0 Å². The standard InChI is InChI=1S/C31H39ClF3N7O4S/c1-28(2,3)42-20(11-13-29(42,4)5)19-36-22-7-6-8-25(37-22)47(44,45)40-27(43)21-9-10-23(38-26(21)32)41-17-12-24(39-41)46-18-16-30(14-15-30)31(33,34)35/h6-10,12,17,20H,11,13-16,18-19H2,1-5H3,(H,36,37)(H,40,43). The highest BCUT2D eigenvalue weighted by molar-refractivity contribution is 7.90. The molecule has 2 fully saturated rings. The number of amides is 1. The summed E-state index contributed by atoms with van der Waals surface area (Å²) < 4.78 is 74.3. The van der Waals surface area contributed by atoms with Crippen molar-refractivity contribution in [2.75, 3.05) is 18.5 Å². The quantitative estimate of drug-likeness (QED) is 0.232. The van der Waals surface area contributed by atoms with Crippen LogP contribution in [0.4, 0.5) is 19.0 Å². The lowest BCUT2D eigenvalue weighted by molar-refractivity contribution is -0.190. The summed E-state index contributed by atoms with van der Waals surface area (Å²) in [5.41, 5.74) is -1.91. The second-order valence-corrected chi connectivity index (χ2v) is 15.7. The number of nitrogens with one attached hydrogen (secondary N) is 2. The van der Waals surface area contributed by atoms with Gasteiger partial charge >= 0.3 is 6.18 Å². The Kier molecular flexibility index (Phi) is 9.31. The smallest absolute Gasteiger partial charge is 0.394 e. The molecular weight excluding hydrogens is 659 g/mol. The highest BCUT2D eigenvalue weighted by Crippen LogP contribution is 2.59. The van der Waals surface area contributed by atoms with Gasteiger partial charge in [-0.25, -0.2) is 19.4 Å². The van der Waals surface area contributed by atoms with Crippen LogP contribution in [0.5, 0.6) is 5.88 Å². The van der Waals surface area contributed by atoms with Crippen molar-refractivity contribution in [1.82, 2.24) is 29.4 Å². The van der Waals surface area contributed by atoms with Crippen molar-refractivity contribution in [3.8, 4) is 11.7 Å². The van der Waals surface area contributed by atoms with Crippen LogP contribution in [-0.2, 0) is 10.0 Å². The average molecular weight is 698 g/mol. The summed E-state index contributed by atoms with van der Waals surface area (Å²) >= 11 is 6.26. The number of rotatable bonds is 11. The minimum Gasteiger partial charge on any atom is -0.477 e. The molecule has 0 aromatic carbocycles. The third kappa shape index (κ3) is 7.67. The van der Waals surface area contributed by atoms with Gasteiger partial charge in [0.25, 0.3) is 15.9 Å². The summed E-state index contributed by atoms with van der Waals surface area (Å²) in [6.07, 6.45) is -0.748. The van der Waals surface area contributed by atoms with Gasteiger partial charge < -0.3 is 10.1 Å². The minimum atomic E-state index is -4.37. The number of anilines is 1. The summed E-state index contributed by atoms with van der Waals surface area (Å²) in [6.45, 7) is 11.4. The number of carbonyl (C=O) groups excluding carboxylic acids is 1. The third-order valence-corrected chi connectivity index (χ3v) is 10.3. The number of nitrogens with zero attached hydrogens (tertiary/aromatic N) is 5. The summed E-state index contributed by atoms with van der Waals surface area (Å²) in [5, 5.41) is 6.77. The Morgan fingerprint density at radius 2 is 1.81 bits per heavy atom. The normalized spacial score (nSPS) is 19.4. The van der Waals surface area contributed by atoms with Crippen molar-refractivity contribution in [3.63, 3.8) is 0 Å². The van der Waals surface area contributed by atoms with Crippen LogP contribution in [0, 0.1) is 5.41 Å². The van der Waals surface area contributed by atoms with Crippen LogP contribution in [0.1, 0.15) is 77.1 Å². The van der Waals surface area contributed by atoms with Gasteiger partial charge in [0.2, 0.25) is 5.88 Å². The van der Waals surface area contributed by atoms with E-state index in [2.05, 4.69) is 59.9 Å². The zero-order valence-electron chi connectivity index (χ0n) is 26.9. The minimum absolute atomic E-state index is 0.0272. The number of aromatic nitrogens is 4. The first kappa shape index (κ1) is 34.9. The van der Waals surface area contributed by atoms with Crippen LogP contribution in [0.2, 0.25) is 5.15 Å². The van der Waals surface area contributed by atoms with E-state index in [1.54, 1.807) is 12.1 Å². The van der Waals surface area contributed by atoms with Gasteiger partial charge in [0.15, 0.2) is 10.8 Å². The van der Waals surface area contributed by atoms with Crippen LogP contribution in [0.3, 0.4) is 0 Å². The molecule has 1 atom stereocenters. The molecule has 1 aliphatic carbocycles. The predicted octanol–water partition coefficient (Wildman–Crippen LogP) is 6.00. The monoisotopic (exact) mass is 697 g/mol. The molecule has 0 spiro atoms. The van der Waals surface area contributed by atoms with Gasteiger partial charge in [-0.2, -0.15) is 21.6 Å². The van der Waals surface area contributed by atoms with Crippen LogP contribution >= 0.6 is 11.6 Å². The van der Waals surface area contributed by atoms with Crippen molar-refractivity contribution in [2.45, 2.75) is 95.0 Å². The van der Waals surface area contributed by atoms with E-state index in [-0.39, 0.29) is 70.4 Å².